The van der Waals surface area contributed by atoms with Crippen molar-refractivity contribution < 1.29 is 18.0 Å². The van der Waals surface area contributed by atoms with Gasteiger partial charge in [0.05, 0.1) is 10.6 Å². The SMILES string of the molecule is Cc1ccc(S(=O)(=O)N(CC(=O)N(Cc2ccc(Cl)cc2Cl)C(Cc2ccccc2)C(=O)NC2CCCC2)c2cc(C)cc(C)c2)cc1. The van der Waals surface area contributed by atoms with Crippen LogP contribution in [0.4, 0.5) is 5.69 Å². The van der Waals surface area contributed by atoms with Crippen molar-refractivity contribution in [2.24, 2.45) is 0 Å². The van der Waals surface area contributed by atoms with E-state index in [-0.39, 0.29) is 29.8 Å². The van der Waals surface area contributed by atoms with Gasteiger partial charge in [-0.2, -0.15) is 0 Å². The van der Waals surface area contributed by atoms with Gasteiger partial charge in [-0.05, 0) is 92.3 Å². The number of hydrogen-bond donors (Lipinski definition) is 1. The lowest BCUT2D eigenvalue weighted by molar-refractivity contribution is -0.140. The normalized spacial score (nSPS) is 14.0. The van der Waals surface area contributed by atoms with Crippen LogP contribution in [0.1, 0.15) is 53.5 Å². The molecule has 0 bridgehead atoms. The molecular weight excluding hydrogens is 665 g/mol. The summed E-state index contributed by atoms with van der Waals surface area (Å²) in [7, 11) is -4.20. The molecule has 48 heavy (non-hydrogen) atoms. The van der Waals surface area contributed by atoms with Crippen LogP contribution in [0.3, 0.4) is 0 Å². The van der Waals surface area contributed by atoms with Gasteiger partial charge in [0.2, 0.25) is 11.8 Å². The van der Waals surface area contributed by atoms with Crippen LogP contribution >= 0.6 is 23.2 Å². The van der Waals surface area contributed by atoms with Crippen LogP contribution in [0.25, 0.3) is 0 Å². The number of benzene rings is 4. The predicted molar refractivity (Wildman–Crippen MR) is 193 cm³/mol. The molecule has 0 aromatic heterocycles. The van der Waals surface area contributed by atoms with Crippen LogP contribution in [0.15, 0.2) is 95.9 Å². The number of carbonyl (C=O) groups excluding carboxylic acids is 2. The zero-order chi connectivity index (χ0) is 34.4. The number of rotatable bonds is 12. The molecule has 1 saturated carbocycles. The molecule has 1 fully saturated rings. The molecule has 0 heterocycles. The van der Waals surface area contributed by atoms with Crippen molar-refractivity contribution in [1.82, 2.24) is 10.2 Å². The highest BCUT2D eigenvalue weighted by atomic mass is 35.5. The quantitative estimate of drug-likeness (QED) is 0.163. The van der Waals surface area contributed by atoms with Crippen molar-refractivity contribution in [2.75, 3.05) is 10.8 Å². The van der Waals surface area contributed by atoms with Gasteiger partial charge < -0.3 is 10.2 Å². The third-order valence-electron chi connectivity index (χ3n) is 8.71. The third-order valence-corrected chi connectivity index (χ3v) is 11.1. The Morgan fingerprint density at radius 2 is 1.48 bits per heavy atom. The summed E-state index contributed by atoms with van der Waals surface area (Å²) in [5.74, 6) is -0.832. The first-order valence-electron chi connectivity index (χ1n) is 16.2. The molecule has 0 saturated heterocycles. The number of hydrogen-bond acceptors (Lipinski definition) is 4. The lowest BCUT2D eigenvalue weighted by atomic mass is 10.0. The standard InChI is InChI=1S/C38H41Cl2N3O4S/c1-26-13-17-34(18-14-26)48(46,47)43(33-20-27(2)19-28(3)21-33)25-37(44)42(24-30-15-16-31(39)23-35(30)40)36(22-29-9-5-4-6-10-29)38(45)41-32-11-7-8-12-32/h4-6,9-10,13-21,23,32,36H,7-8,11-12,22,24-25H2,1-3H3,(H,41,45). The van der Waals surface area contributed by atoms with Crippen molar-refractivity contribution in [3.8, 4) is 0 Å². The number of anilines is 1. The minimum Gasteiger partial charge on any atom is -0.352 e. The van der Waals surface area contributed by atoms with Gasteiger partial charge in [0.25, 0.3) is 10.0 Å². The van der Waals surface area contributed by atoms with Crippen molar-refractivity contribution in [2.45, 2.75) is 76.4 Å². The Kier molecular flexibility index (Phi) is 11.5. The Balaban J connectivity index is 1.60. The van der Waals surface area contributed by atoms with E-state index in [9.17, 15) is 18.0 Å². The van der Waals surface area contributed by atoms with Crippen LogP contribution in [0.2, 0.25) is 10.0 Å². The van der Waals surface area contributed by atoms with Gasteiger partial charge >= 0.3 is 0 Å². The average molecular weight is 707 g/mol. The Morgan fingerprint density at radius 1 is 0.833 bits per heavy atom. The van der Waals surface area contributed by atoms with Gasteiger partial charge in [0.1, 0.15) is 12.6 Å². The number of nitrogens with one attached hydrogen (secondary N) is 1. The van der Waals surface area contributed by atoms with Crippen molar-refractivity contribution in [3.63, 3.8) is 0 Å². The van der Waals surface area contributed by atoms with Crippen LogP contribution < -0.4 is 9.62 Å². The molecule has 1 atom stereocenters. The van der Waals surface area contributed by atoms with Gasteiger partial charge in [-0.3, -0.25) is 13.9 Å². The number of aryl methyl sites for hydroxylation is 3. The van der Waals surface area contributed by atoms with Gasteiger partial charge in [-0.15, -0.1) is 0 Å². The first kappa shape index (κ1) is 35.5. The molecule has 1 N–H and O–H groups in total. The van der Waals surface area contributed by atoms with Crippen LogP contribution in [0, 0.1) is 20.8 Å². The highest BCUT2D eigenvalue weighted by Crippen LogP contribution is 2.29. The molecule has 5 rings (SSSR count). The van der Waals surface area contributed by atoms with E-state index in [4.69, 9.17) is 23.2 Å². The fourth-order valence-electron chi connectivity index (χ4n) is 6.22. The topological polar surface area (TPSA) is 86.8 Å². The maximum atomic E-state index is 14.8. The fraction of sp³-hybridized carbons (Fsp3) is 0.316. The van der Waals surface area contributed by atoms with Gasteiger partial charge in [-0.1, -0.05) is 96.2 Å². The van der Waals surface area contributed by atoms with Crippen LogP contribution in [-0.2, 0) is 32.6 Å². The smallest absolute Gasteiger partial charge is 0.264 e. The Morgan fingerprint density at radius 3 is 2.10 bits per heavy atom. The lowest BCUT2D eigenvalue weighted by Gasteiger charge is -2.34. The molecule has 1 aliphatic carbocycles. The van der Waals surface area contributed by atoms with Crippen LogP contribution in [-0.4, -0.2) is 43.8 Å². The van der Waals surface area contributed by atoms with E-state index in [0.717, 1.165) is 52.2 Å². The highest BCUT2D eigenvalue weighted by molar-refractivity contribution is 7.92. The van der Waals surface area contributed by atoms with Crippen molar-refractivity contribution in [3.05, 3.63) is 129 Å². The second kappa shape index (κ2) is 15.6. The number of amides is 2. The third kappa shape index (κ3) is 8.78. The molecule has 0 spiro atoms. The number of carbonyl (C=O) groups is 2. The summed E-state index contributed by atoms with van der Waals surface area (Å²) >= 11 is 12.8. The second-order valence-electron chi connectivity index (χ2n) is 12.6. The maximum absolute atomic E-state index is 14.8. The summed E-state index contributed by atoms with van der Waals surface area (Å²) < 4.78 is 29.8. The molecule has 0 aliphatic heterocycles. The summed E-state index contributed by atoms with van der Waals surface area (Å²) in [5.41, 5.74) is 4.42. The molecule has 252 valence electrons. The Hall–Kier alpha value is -3.85. The van der Waals surface area contributed by atoms with E-state index in [1.165, 1.54) is 4.90 Å². The number of nitrogens with zero attached hydrogens (tertiary/aromatic N) is 2. The molecule has 4 aromatic carbocycles. The monoisotopic (exact) mass is 705 g/mol. The van der Waals surface area contributed by atoms with E-state index < -0.39 is 28.5 Å². The van der Waals surface area contributed by atoms with Gasteiger partial charge in [0.15, 0.2) is 0 Å². The van der Waals surface area contributed by atoms with E-state index in [1.54, 1.807) is 54.6 Å². The number of sulfonamides is 1. The predicted octanol–water partition coefficient (Wildman–Crippen LogP) is 7.81. The maximum Gasteiger partial charge on any atom is 0.264 e. The number of halogens is 2. The average Bonchev–Trinajstić information content (AvgIpc) is 3.55. The highest BCUT2D eigenvalue weighted by Gasteiger charge is 2.36. The van der Waals surface area contributed by atoms with Gasteiger partial charge in [-0.25, -0.2) is 8.42 Å². The molecule has 1 unspecified atom stereocenters. The minimum absolute atomic E-state index is 0.0144. The molecule has 0 radical (unpaired) electrons. The fourth-order valence-corrected chi connectivity index (χ4v) is 8.08. The molecule has 2 amide bonds. The van der Waals surface area contributed by atoms with Gasteiger partial charge in [0, 0.05) is 29.1 Å². The Bertz CT molecular complexity index is 1840. The van der Waals surface area contributed by atoms with E-state index in [0.29, 0.717) is 21.3 Å². The Labute approximate surface area is 293 Å². The zero-order valence-electron chi connectivity index (χ0n) is 27.5. The minimum atomic E-state index is -4.20. The van der Waals surface area contributed by atoms with Crippen LogP contribution in [0.5, 0.6) is 0 Å². The molecule has 7 nitrogen and oxygen atoms in total. The van der Waals surface area contributed by atoms with Crippen molar-refractivity contribution in [1.29, 1.82) is 0 Å². The molecule has 4 aromatic rings. The van der Waals surface area contributed by atoms with Crippen molar-refractivity contribution >= 4 is 50.7 Å². The summed E-state index contributed by atoms with van der Waals surface area (Å²) in [4.78, 5) is 30.5. The van der Waals surface area contributed by atoms with E-state index in [2.05, 4.69) is 5.32 Å². The zero-order valence-corrected chi connectivity index (χ0v) is 29.8. The molecular formula is C38H41Cl2N3O4S. The summed E-state index contributed by atoms with van der Waals surface area (Å²) in [6.45, 7) is 5.08. The van der Waals surface area contributed by atoms with E-state index in [1.807, 2.05) is 57.2 Å². The first-order chi connectivity index (χ1) is 22.9. The summed E-state index contributed by atoms with van der Waals surface area (Å²) in [6, 6.07) is 25.6. The summed E-state index contributed by atoms with van der Waals surface area (Å²) in [6.07, 6.45) is 4.02. The first-order valence-corrected chi connectivity index (χ1v) is 18.4. The summed E-state index contributed by atoms with van der Waals surface area (Å²) in [5, 5.41) is 3.96. The van der Waals surface area contributed by atoms with E-state index >= 15 is 0 Å². The molecule has 10 heteroatoms. The second-order valence-corrected chi connectivity index (χ2v) is 15.3. The largest absolute Gasteiger partial charge is 0.352 e. The molecule has 1 aliphatic rings. The lowest BCUT2D eigenvalue weighted by Crippen LogP contribution is -2.54.